The first-order valence-electron chi connectivity index (χ1n) is 4.90. The number of halogens is 1. The molecule has 84 valence electrons. The third kappa shape index (κ3) is 3.06. The SMILES string of the molecule is CC(C)(NC(=O)CC#N)c1ccc(F)cc1. The zero-order valence-electron chi connectivity index (χ0n) is 9.25. The van der Waals surface area contributed by atoms with E-state index in [1.165, 1.54) is 12.1 Å². The van der Waals surface area contributed by atoms with Gasteiger partial charge in [0.15, 0.2) is 0 Å². The summed E-state index contributed by atoms with van der Waals surface area (Å²) in [4.78, 5) is 11.3. The monoisotopic (exact) mass is 220 g/mol. The van der Waals surface area contributed by atoms with Crippen LogP contribution in [-0.4, -0.2) is 5.91 Å². The lowest BCUT2D eigenvalue weighted by Crippen LogP contribution is -2.40. The number of nitrogens with zero attached hydrogens (tertiary/aromatic N) is 1. The Morgan fingerprint density at radius 2 is 2.00 bits per heavy atom. The van der Waals surface area contributed by atoms with Crippen LogP contribution in [0.1, 0.15) is 25.8 Å². The molecule has 0 aliphatic heterocycles. The zero-order valence-corrected chi connectivity index (χ0v) is 9.25. The number of nitrogens with one attached hydrogen (secondary N) is 1. The largest absolute Gasteiger partial charge is 0.346 e. The van der Waals surface area contributed by atoms with E-state index in [-0.39, 0.29) is 18.1 Å². The highest BCUT2D eigenvalue weighted by molar-refractivity contribution is 5.78. The zero-order chi connectivity index (χ0) is 12.2. The predicted molar refractivity (Wildman–Crippen MR) is 57.8 cm³/mol. The molecule has 0 spiro atoms. The molecular formula is C12H13FN2O. The van der Waals surface area contributed by atoms with Gasteiger partial charge in [0.25, 0.3) is 0 Å². The lowest BCUT2D eigenvalue weighted by Gasteiger charge is -2.26. The first-order chi connectivity index (χ1) is 7.45. The Balaban J connectivity index is 2.81. The summed E-state index contributed by atoms with van der Waals surface area (Å²) in [5.41, 5.74) is 0.182. The third-order valence-electron chi connectivity index (χ3n) is 2.26. The molecule has 0 aliphatic carbocycles. The number of carbonyl (C=O) groups is 1. The van der Waals surface area contributed by atoms with E-state index in [9.17, 15) is 9.18 Å². The maximum absolute atomic E-state index is 12.7. The Morgan fingerprint density at radius 1 is 1.44 bits per heavy atom. The first kappa shape index (κ1) is 12.2. The minimum atomic E-state index is -0.609. The van der Waals surface area contributed by atoms with Gasteiger partial charge in [-0.3, -0.25) is 4.79 Å². The fourth-order valence-corrected chi connectivity index (χ4v) is 1.40. The molecule has 0 saturated carbocycles. The average molecular weight is 220 g/mol. The van der Waals surface area contributed by atoms with E-state index in [1.54, 1.807) is 32.0 Å². The molecule has 3 nitrogen and oxygen atoms in total. The van der Waals surface area contributed by atoms with E-state index in [0.717, 1.165) is 5.56 Å². The van der Waals surface area contributed by atoms with Crippen LogP contribution in [0.5, 0.6) is 0 Å². The number of rotatable bonds is 3. The second kappa shape index (κ2) is 4.75. The molecule has 1 N–H and O–H groups in total. The normalized spacial score (nSPS) is 10.6. The van der Waals surface area contributed by atoms with Crippen LogP contribution in [-0.2, 0) is 10.3 Å². The van der Waals surface area contributed by atoms with Gasteiger partial charge in [-0.15, -0.1) is 0 Å². The Bertz CT molecular complexity index is 418. The van der Waals surface area contributed by atoms with Gasteiger partial charge in [-0.05, 0) is 31.5 Å². The average Bonchev–Trinajstić information content (AvgIpc) is 2.17. The number of nitriles is 1. The number of hydrogen-bond acceptors (Lipinski definition) is 2. The molecule has 16 heavy (non-hydrogen) atoms. The van der Waals surface area contributed by atoms with Crippen LogP contribution in [0.15, 0.2) is 24.3 Å². The summed E-state index contributed by atoms with van der Waals surface area (Å²) in [6, 6.07) is 7.69. The molecule has 1 aromatic carbocycles. The number of benzene rings is 1. The summed E-state index contributed by atoms with van der Waals surface area (Å²) in [6.45, 7) is 3.60. The van der Waals surface area contributed by atoms with Crippen molar-refractivity contribution in [1.82, 2.24) is 5.32 Å². The van der Waals surface area contributed by atoms with Crippen LogP contribution in [0.4, 0.5) is 4.39 Å². The summed E-state index contributed by atoms with van der Waals surface area (Å²) in [6.07, 6.45) is -0.176. The van der Waals surface area contributed by atoms with Crippen molar-refractivity contribution in [2.45, 2.75) is 25.8 Å². The van der Waals surface area contributed by atoms with Crippen molar-refractivity contribution < 1.29 is 9.18 Å². The molecule has 0 fully saturated rings. The van der Waals surface area contributed by atoms with Gasteiger partial charge in [0.2, 0.25) is 5.91 Å². The summed E-state index contributed by atoms with van der Waals surface area (Å²) in [5, 5.41) is 11.1. The van der Waals surface area contributed by atoms with Crippen molar-refractivity contribution >= 4 is 5.91 Å². The second-order valence-corrected chi connectivity index (χ2v) is 4.01. The van der Waals surface area contributed by atoms with E-state index in [4.69, 9.17) is 5.26 Å². The van der Waals surface area contributed by atoms with E-state index in [2.05, 4.69) is 5.32 Å². The maximum atomic E-state index is 12.7. The molecule has 1 amide bonds. The summed E-state index contributed by atoms with van der Waals surface area (Å²) < 4.78 is 12.7. The Hall–Kier alpha value is -1.89. The van der Waals surface area contributed by atoms with Crippen LogP contribution in [0.2, 0.25) is 0 Å². The van der Waals surface area contributed by atoms with E-state index >= 15 is 0 Å². The van der Waals surface area contributed by atoms with Crippen LogP contribution in [0, 0.1) is 17.1 Å². The highest BCUT2D eigenvalue weighted by atomic mass is 19.1. The summed E-state index contributed by atoms with van der Waals surface area (Å²) in [7, 11) is 0. The van der Waals surface area contributed by atoms with Gasteiger partial charge in [-0.2, -0.15) is 5.26 Å². The highest BCUT2D eigenvalue weighted by Crippen LogP contribution is 2.20. The molecule has 1 aromatic rings. The molecule has 0 unspecified atom stereocenters. The molecule has 0 aliphatic rings. The van der Waals surface area contributed by atoms with Crippen molar-refractivity contribution in [3.8, 4) is 6.07 Å². The van der Waals surface area contributed by atoms with Gasteiger partial charge in [0.1, 0.15) is 12.2 Å². The van der Waals surface area contributed by atoms with E-state index in [0.29, 0.717) is 0 Å². The molecule has 0 heterocycles. The van der Waals surface area contributed by atoms with Crippen molar-refractivity contribution in [3.05, 3.63) is 35.6 Å². The van der Waals surface area contributed by atoms with Crippen molar-refractivity contribution in [3.63, 3.8) is 0 Å². The fourth-order valence-electron chi connectivity index (χ4n) is 1.40. The Kier molecular flexibility index (Phi) is 3.62. The fraction of sp³-hybridized carbons (Fsp3) is 0.333. The minimum Gasteiger partial charge on any atom is -0.346 e. The molecule has 0 bridgehead atoms. The number of carbonyl (C=O) groups excluding carboxylic acids is 1. The van der Waals surface area contributed by atoms with Crippen LogP contribution < -0.4 is 5.32 Å². The Morgan fingerprint density at radius 3 is 2.50 bits per heavy atom. The molecule has 0 atom stereocenters. The van der Waals surface area contributed by atoms with E-state index < -0.39 is 5.54 Å². The molecule has 0 saturated heterocycles. The Labute approximate surface area is 93.9 Å². The second-order valence-electron chi connectivity index (χ2n) is 4.01. The maximum Gasteiger partial charge on any atom is 0.234 e. The summed E-state index contributed by atoms with van der Waals surface area (Å²) in [5.74, 6) is -0.653. The van der Waals surface area contributed by atoms with Gasteiger partial charge in [-0.1, -0.05) is 12.1 Å². The first-order valence-corrected chi connectivity index (χ1v) is 4.90. The topological polar surface area (TPSA) is 52.9 Å². The van der Waals surface area contributed by atoms with Crippen LogP contribution in [0.3, 0.4) is 0 Å². The minimum absolute atomic E-state index is 0.176. The van der Waals surface area contributed by atoms with Gasteiger partial charge < -0.3 is 5.32 Å². The van der Waals surface area contributed by atoms with Crippen molar-refractivity contribution in [2.75, 3.05) is 0 Å². The number of amides is 1. The molecule has 0 radical (unpaired) electrons. The smallest absolute Gasteiger partial charge is 0.234 e. The van der Waals surface area contributed by atoms with Crippen LogP contribution in [0.25, 0.3) is 0 Å². The van der Waals surface area contributed by atoms with Crippen LogP contribution >= 0.6 is 0 Å². The number of hydrogen-bond donors (Lipinski definition) is 1. The van der Waals surface area contributed by atoms with Gasteiger partial charge in [0, 0.05) is 0 Å². The molecule has 4 heteroatoms. The van der Waals surface area contributed by atoms with Gasteiger partial charge in [-0.25, -0.2) is 4.39 Å². The quantitative estimate of drug-likeness (QED) is 0.848. The third-order valence-corrected chi connectivity index (χ3v) is 2.26. The van der Waals surface area contributed by atoms with Crippen molar-refractivity contribution in [2.24, 2.45) is 0 Å². The van der Waals surface area contributed by atoms with Gasteiger partial charge in [0.05, 0.1) is 11.6 Å². The lowest BCUT2D eigenvalue weighted by atomic mass is 9.94. The lowest BCUT2D eigenvalue weighted by molar-refractivity contribution is -0.121. The molecule has 1 rings (SSSR count). The predicted octanol–water partition coefficient (Wildman–Crippen LogP) is 2.09. The highest BCUT2D eigenvalue weighted by Gasteiger charge is 2.22. The summed E-state index contributed by atoms with van der Waals surface area (Å²) >= 11 is 0. The standard InChI is InChI=1S/C12H13FN2O/c1-12(2,15-11(16)7-8-14)9-3-5-10(13)6-4-9/h3-6H,7H2,1-2H3,(H,15,16). The molecular weight excluding hydrogens is 207 g/mol. The van der Waals surface area contributed by atoms with Gasteiger partial charge >= 0.3 is 0 Å². The van der Waals surface area contributed by atoms with E-state index in [1.807, 2.05) is 0 Å². The molecule has 0 aromatic heterocycles. The van der Waals surface area contributed by atoms with Crippen molar-refractivity contribution in [1.29, 1.82) is 5.26 Å².